The average Bonchev–Trinajstić information content (AvgIpc) is 3.17. The number of nitrogens with one attached hydrogen (secondary N) is 1. The summed E-state index contributed by atoms with van der Waals surface area (Å²) in [7, 11) is 2.88. The minimum atomic E-state index is -0.328. The molecule has 1 aliphatic rings. The number of hydrogen-bond acceptors (Lipinski definition) is 4. The Morgan fingerprint density at radius 1 is 1.15 bits per heavy atom. The van der Waals surface area contributed by atoms with Crippen LogP contribution in [-0.2, 0) is 11.2 Å². The summed E-state index contributed by atoms with van der Waals surface area (Å²) < 4.78 is 23.2. The standard InChI is InChI=1S/C22H26FNO3/c1-26-21-13-15(3-10-20(21)23)11-12-24-19-9-8-18(14-19)16-4-6-17(7-5-16)22(25)27-2/h3-7,10,13,18-19,24H,8-9,11-12,14H2,1-2H3/t18-,19+/m1/s1. The van der Waals surface area contributed by atoms with Crippen molar-refractivity contribution in [2.45, 2.75) is 37.6 Å². The van der Waals surface area contributed by atoms with E-state index < -0.39 is 0 Å². The summed E-state index contributed by atoms with van der Waals surface area (Å²) in [4.78, 5) is 11.5. The van der Waals surface area contributed by atoms with E-state index in [1.165, 1.54) is 25.8 Å². The zero-order chi connectivity index (χ0) is 19.2. The van der Waals surface area contributed by atoms with Crippen molar-refractivity contribution in [3.63, 3.8) is 0 Å². The van der Waals surface area contributed by atoms with E-state index >= 15 is 0 Å². The van der Waals surface area contributed by atoms with Crippen molar-refractivity contribution in [2.75, 3.05) is 20.8 Å². The third-order valence-corrected chi connectivity index (χ3v) is 5.30. The minimum Gasteiger partial charge on any atom is -0.494 e. The molecule has 0 spiro atoms. The number of carbonyl (C=O) groups is 1. The van der Waals surface area contributed by atoms with E-state index in [1.54, 1.807) is 12.1 Å². The van der Waals surface area contributed by atoms with Crippen molar-refractivity contribution in [2.24, 2.45) is 0 Å². The van der Waals surface area contributed by atoms with Gasteiger partial charge in [-0.2, -0.15) is 0 Å². The fourth-order valence-electron chi connectivity index (χ4n) is 3.76. The van der Waals surface area contributed by atoms with Crippen LogP contribution in [0.25, 0.3) is 0 Å². The van der Waals surface area contributed by atoms with E-state index in [9.17, 15) is 9.18 Å². The number of ether oxygens (including phenoxy) is 2. The zero-order valence-electron chi connectivity index (χ0n) is 15.8. The normalized spacial score (nSPS) is 19.1. The molecule has 0 bridgehead atoms. The van der Waals surface area contributed by atoms with Crippen LogP contribution in [0.5, 0.6) is 5.75 Å². The summed E-state index contributed by atoms with van der Waals surface area (Å²) in [6.45, 7) is 0.855. The summed E-state index contributed by atoms with van der Waals surface area (Å²) in [6.07, 6.45) is 4.20. The molecule has 5 heteroatoms. The summed E-state index contributed by atoms with van der Waals surface area (Å²) in [5, 5.41) is 3.61. The molecular formula is C22H26FNO3. The van der Waals surface area contributed by atoms with Gasteiger partial charge in [-0.15, -0.1) is 0 Å². The Bertz CT molecular complexity index is 776. The van der Waals surface area contributed by atoms with Gasteiger partial charge in [0.15, 0.2) is 11.6 Å². The summed E-state index contributed by atoms with van der Waals surface area (Å²) in [6, 6.07) is 13.2. The van der Waals surface area contributed by atoms with Gasteiger partial charge in [0.2, 0.25) is 0 Å². The Hall–Kier alpha value is -2.40. The topological polar surface area (TPSA) is 47.6 Å². The largest absolute Gasteiger partial charge is 0.494 e. The van der Waals surface area contributed by atoms with Gasteiger partial charge in [0, 0.05) is 6.04 Å². The molecule has 4 nitrogen and oxygen atoms in total. The molecule has 1 N–H and O–H groups in total. The number of hydrogen-bond donors (Lipinski definition) is 1. The Labute approximate surface area is 159 Å². The molecule has 144 valence electrons. The first kappa shape index (κ1) is 19.4. The minimum absolute atomic E-state index is 0.295. The molecule has 0 aliphatic heterocycles. The number of halogens is 1. The van der Waals surface area contributed by atoms with Gasteiger partial charge in [-0.25, -0.2) is 9.18 Å². The molecule has 1 saturated carbocycles. The molecule has 2 aromatic rings. The highest BCUT2D eigenvalue weighted by molar-refractivity contribution is 5.89. The highest BCUT2D eigenvalue weighted by Gasteiger charge is 2.25. The number of methoxy groups -OCH3 is 2. The molecule has 0 unspecified atom stereocenters. The molecule has 2 aromatic carbocycles. The molecule has 1 aliphatic carbocycles. The lowest BCUT2D eigenvalue weighted by Gasteiger charge is -2.14. The van der Waals surface area contributed by atoms with Gasteiger partial charge >= 0.3 is 5.97 Å². The van der Waals surface area contributed by atoms with Crippen LogP contribution in [0.2, 0.25) is 0 Å². The lowest BCUT2D eigenvalue weighted by atomic mass is 9.96. The first-order valence-electron chi connectivity index (χ1n) is 9.34. The predicted molar refractivity (Wildman–Crippen MR) is 103 cm³/mol. The quantitative estimate of drug-likeness (QED) is 0.745. The fourth-order valence-corrected chi connectivity index (χ4v) is 3.76. The van der Waals surface area contributed by atoms with Gasteiger partial charge in [0.1, 0.15) is 0 Å². The number of esters is 1. The zero-order valence-corrected chi connectivity index (χ0v) is 15.8. The molecule has 2 atom stereocenters. The molecule has 3 rings (SSSR count). The van der Waals surface area contributed by atoms with E-state index in [0.29, 0.717) is 23.3 Å². The molecule has 0 aromatic heterocycles. The fraction of sp³-hybridized carbons (Fsp3) is 0.409. The average molecular weight is 371 g/mol. The molecule has 1 fully saturated rings. The van der Waals surface area contributed by atoms with Gasteiger partial charge < -0.3 is 14.8 Å². The van der Waals surface area contributed by atoms with Crippen LogP contribution < -0.4 is 10.1 Å². The molecule has 0 amide bonds. The van der Waals surface area contributed by atoms with Crippen LogP contribution in [0, 0.1) is 5.82 Å². The number of benzene rings is 2. The molecule has 0 saturated heterocycles. The Balaban J connectivity index is 1.48. The highest BCUT2D eigenvalue weighted by atomic mass is 19.1. The van der Waals surface area contributed by atoms with Crippen molar-refractivity contribution in [3.05, 3.63) is 65.0 Å². The van der Waals surface area contributed by atoms with Crippen molar-refractivity contribution in [3.8, 4) is 5.75 Å². The summed E-state index contributed by atoms with van der Waals surface area (Å²) >= 11 is 0. The van der Waals surface area contributed by atoms with E-state index in [0.717, 1.165) is 37.8 Å². The second-order valence-electron chi connectivity index (χ2n) is 6.99. The third-order valence-electron chi connectivity index (χ3n) is 5.30. The maximum Gasteiger partial charge on any atom is 0.337 e. The summed E-state index contributed by atoms with van der Waals surface area (Å²) in [5.41, 5.74) is 2.92. The second kappa shape index (κ2) is 9.00. The Kier molecular flexibility index (Phi) is 6.45. The maximum atomic E-state index is 13.5. The van der Waals surface area contributed by atoms with Crippen molar-refractivity contribution < 1.29 is 18.7 Å². The monoisotopic (exact) mass is 371 g/mol. The highest BCUT2D eigenvalue weighted by Crippen LogP contribution is 2.34. The first-order chi connectivity index (χ1) is 13.1. The lowest BCUT2D eigenvalue weighted by Crippen LogP contribution is -2.28. The van der Waals surface area contributed by atoms with Crippen LogP contribution >= 0.6 is 0 Å². The van der Waals surface area contributed by atoms with Crippen LogP contribution in [0.15, 0.2) is 42.5 Å². The van der Waals surface area contributed by atoms with Gasteiger partial charge in [-0.05, 0) is 73.5 Å². The summed E-state index contributed by atoms with van der Waals surface area (Å²) in [5.74, 6) is 0.181. The van der Waals surface area contributed by atoms with Crippen LogP contribution in [-0.4, -0.2) is 32.8 Å². The van der Waals surface area contributed by atoms with E-state index in [1.807, 2.05) is 24.3 Å². The smallest absolute Gasteiger partial charge is 0.337 e. The SMILES string of the molecule is COC(=O)c1ccc([C@@H]2CC[C@H](NCCc3ccc(F)c(OC)c3)C2)cc1. The van der Waals surface area contributed by atoms with Crippen molar-refractivity contribution in [1.82, 2.24) is 5.32 Å². The third kappa shape index (κ3) is 4.86. The maximum absolute atomic E-state index is 13.5. The van der Waals surface area contributed by atoms with Gasteiger partial charge in [-0.3, -0.25) is 0 Å². The van der Waals surface area contributed by atoms with Crippen molar-refractivity contribution in [1.29, 1.82) is 0 Å². The first-order valence-corrected chi connectivity index (χ1v) is 9.34. The van der Waals surface area contributed by atoms with Gasteiger partial charge in [0.25, 0.3) is 0 Å². The molecule has 0 heterocycles. The molecular weight excluding hydrogens is 345 g/mol. The Morgan fingerprint density at radius 3 is 2.63 bits per heavy atom. The van der Waals surface area contributed by atoms with Gasteiger partial charge in [0.05, 0.1) is 19.8 Å². The second-order valence-corrected chi connectivity index (χ2v) is 6.99. The van der Waals surface area contributed by atoms with E-state index in [4.69, 9.17) is 9.47 Å². The predicted octanol–water partition coefficient (Wildman–Crippen LogP) is 4.09. The van der Waals surface area contributed by atoms with Crippen LogP contribution in [0.1, 0.15) is 46.7 Å². The lowest BCUT2D eigenvalue weighted by molar-refractivity contribution is 0.0600. The Morgan fingerprint density at radius 2 is 1.93 bits per heavy atom. The molecule has 0 radical (unpaired) electrons. The van der Waals surface area contributed by atoms with E-state index in [-0.39, 0.29) is 11.8 Å². The van der Waals surface area contributed by atoms with Crippen LogP contribution in [0.3, 0.4) is 0 Å². The molecule has 27 heavy (non-hydrogen) atoms. The van der Waals surface area contributed by atoms with E-state index in [2.05, 4.69) is 5.32 Å². The van der Waals surface area contributed by atoms with Crippen LogP contribution in [0.4, 0.5) is 4.39 Å². The van der Waals surface area contributed by atoms with Gasteiger partial charge in [-0.1, -0.05) is 18.2 Å². The number of carbonyl (C=O) groups excluding carboxylic acids is 1. The van der Waals surface area contributed by atoms with Crippen molar-refractivity contribution >= 4 is 5.97 Å². The number of rotatable bonds is 7.